The molecule has 116 valence electrons. The van der Waals surface area contributed by atoms with E-state index < -0.39 is 0 Å². The summed E-state index contributed by atoms with van der Waals surface area (Å²) in [6.45, 7) is 11.0. The summed E-state index contributed by atoms with van der Waals surface area (Å²) in [5.41, 5.74) is -0.178. The van der Waals surface area contributed by atoms with E-state index in [0.717, 1.165) is 0 Å². The van der Waals surface area contributed by atoms with Crippen molar-refractivity contribution < 1.29 is 9.26 Å². The van der Waals surface area contributed by atoms with Gasteiger partial charge in [-0.25, -0.2) is 9.67 Å². The molecule has 0 amide bonds. The topological polar surface area (TPSA) is 78.9 Å². The highest BCUT2D eigenvalue weighted by Crippen LogP contribution is 2.22. The van der Waals surface area contributed by atoms with E-state index in [4.69, 9.17) is 9.26 Å². The Morgan fingerprint density at radius 1 is 1.24 bits per heavy atom. The maximum Gasteiger partial charge on any atom is 0.297 e. The van der Waals surface area contributed by atoms with Gasteiger partial charge in [0.05, 0.1) is 12.1 Å². The van der Waals surface area contributed by atoms with Crippen molar-refractivity contribution in [1.29, 1.82) is 0 Å². The van der Waals surface area contributed by atoms with Crippen molar-refractivity contribution in [2.45, 2.75) is 46.6 Å². The molecule has 0 aliphatic carbocycles. The molecule has 0 bridgehead atoms. The molecule has 0 unspecified atom stereocenters. The molecular weight excluding hydrogens is 270 g/mol. The number of methoxy groups -OCH3 is 1. The summed E-state index contributed by atoms with van der Waals surface area (Å²) in [7, 11) is 1.69. The van der Waals surface area contributed by atoms with Crippen molar-refractivity contribution in [1.82, 2.24) is 24.9 Å². The fourth-order valence-corrected chi connectivity index (χ4v) is 1.97. The summed E-state index contributed by atoms with van der Waals surface area (Å²) in [6.07, 6.45) is 2.35. The normalized spacial score (nSPS) is 12.9. The highest BCUT2D eigenvalue weighted by atomic mass is 16.5. The molecule has 7 heteroatoms. The molecule has 0 atom stereocenters. The summed E-state index contributed by atoms with van der Waals surface area (Å²) in [5, 5.41) is 8.38. The van der Waals surface area contributed by atoms with Gasteiger partial charge in [0.2, 0.25) is 5.82 Å². The van der Waals surface area contributed by atoms with Gasteiger partial charge in [-0.15, -0.1) is 5.10 Å². The van der Waals surface area contributed by atoms with Crippen molar-refractivity contribution in [3.05, 3.63) is 12.2 Å². The summed E-state index contributed by atoms with van der Waals surface area (Å²) >= 11 is 0. The van der Waals surface area contributed by atoms with Crippen LogP contribution in [0.3, 0.4) is 0 Å². The Balaban J connectivity index is 2.15. The van der Waals surface area contributed by atoms with Gasteiger partial charge in [-0.1, -0.05) is 19.0 Å². The van der Waals surface area contributed by atoms with Crippen LogP contribution in [0.15, 0.2) is 10.9 Å². The third-order valence-corrected chi connectivity index (χ3v) is 3.01. The summed E-state index contributed by atoms with van der Waals surface area (Å²) < 4.78 is 12.2. The molecule has 0 spiro atoms. The first-order valence-corrected chi connectivity index (χ1v) is 6.95. The average molecular weight is 293 g/mol. The Morgan fingerprint density at radius 3 is 2.52 bits per heavy atom. The largest absolute Gasteiger partial charge is 0.384 e. The van der Waals surface area contributed by atoms with Crippen LogP contribution in [0.1, 0.15) is 40.4 Å². The van der Waals surface area contributed by atoms with Crippen LogP contribution in [0.5, 0.6) is 0 Å². The van der Waals surface area contributed by atoms with Crippen molar-refractivity contribution >= 4 is 0 Å². The Morgan fingerprint density at radius 2 is 1.95 bits per heavy atom. The van der Waals surface area contributed by atoms with Crippen LogP contribution < -0.4 is 0 Å². The van der Waals surface area contributed by atoms with Gasteiger partial charge in [0.25, 0.3) is 5.89 Å². The summed E-state index contributed by atoms with van der Waals surface area (Å²) in [4.78, 5) is 8.60. The van der Waals surface area contributed by atoms with E-state index >= 15 is 0 Å². The molecule has 0 fully saturated rings. The molecule has 2 aromatic rings. The number of rotatable bonds is 5. The van der Waals surface area contributed by atoms with E-state index in [1.165, 1.54) is 0 Å². The molecule has 0 saturated carbocycles. The average Bonchev–Trinajstić information content (AvgIpc) is 2.94. The lowest BCUT2D eigenvalue weighted by molar-refractivity contribution is 0.103. The third kappa shape index (κ3) is 3.87. The highest BCUT2D eigenvalue weighted by molar-refractivity contribution is 5.37. The van der Waals surface area contributed by atoms with Gasteiger partial charge in [0.15, 0.2) is 5.82 Å². The van der Waals surface area contributed by atoms with E-state index in [0.29, 0.717) is 30.6 Å². The van der Waals surface area contributed by atoms with E-state index in [1.807, 2.05) is 0 Å². The highest BCUT2D eigenvalue weighted by Gasteiger charge is 2.23. The van der Waals surface area contributed by atoms with Crippen molar-refractivity contribution in [2.75, 3.05) is 13.7 Å². The van der Waals surface area contributed by atoms with Crippen molar-refractivity contribution in [2.24, 2.45) is 5.41 Å². The lowest BCUT2D eigenvalue weighted by Crippen LogP contribution is -2.22. The maximum atomic E-state index is 5.26. The third-order valence-electron chi connectivity index (χ3n) is 3.01. The van der Waals surface area contributed by atoms with Crippen LogP contribution in [-0.4, -0.2) is 38.6 Å². The summed E-state index contributed by atoms with van der Waals surface area (Å²) in [6, 6.07) is 0. The molecule has 2 rings (SSSR count). The zero-order valence-corrected chi connectivity index (χ0v) is 13.5. The van der Waals surface area contributed by atoms with Crippen LogP contribution in [0, 0.1) is 5.41 Å². The molecular formula is C14H23N5O2. The first kappa shape index (κ1) is 15.6. The molecule has 0 N–H and O–H groups in total. The van der Waals surface area contributed by atoms with Crippen LogP contribution in [0.25, 0.3) is 11.7 Å². The standard InChI is InChI=1S/C14H23N5O2/c1-13(2,3)19-9-15-11(17-19)12-16-10(18-21-12)7-14(4,5)8-20-6/h9H,7-8H2,1-6H3. The molecule has 0 aliphatic heterocycles. The van der Waals surface area contributed by atoms with Gasteiger partial charge in [-0.05, 0) is 26.2 Å². The molecule has 0 radical (unpaired) electrons. The van der Waals surface area contributed by atoms with Gasteiger partial charge in [-0.3, -0.25) is 0 Å². The second-order valence-corrected chi connectivity index (χ2v) is 6.97. The Kier molecular flexibility index (Phi) is 4.13. The minimum Gasteiger partial charge on any atom is -0.384 e. The first-order valence-electron chi connectivity index (χ1n) is 6.95. The van der Waals surface area contributed by atoms with Crippen LogP contribution in [0.4, 0.5) is 0 Å². The van der Waals surface area contributed by atoms with Gasteiger partial charge >= 0.3 is 0 Å². The first-order chi connectivity index (χ1) is 9.71. The predicted molar refractivity (Wildman–Crippen MR) is 77.7 cm³/mol. The van der Waals surface area contributed by atoms with E-state index in [2.05, 4.69) is 54.8 Å². The Bertz CT molecular complexity index is 595. The zero-order chi connectivity index (χ0) is 15.7. The quantitative estimate of drug-likeness (QED) is 0.841. The van der Waals surface area contributed by atoms with Crippen molar-refractivity contribution in [3.63, 3.8) is 0 Å². The Hall–Kier alpha value is -1.76. The maximum absolute atomic E-state index is 5.26. The number of hydrogen-bond acceptors (Lipinski definition) is 6. The minimum atomic E-state index is -0.130. The van der Waals surface area contributed by atoms with Crippen molar-refractivity contribution in [3.8, 4) is 11.7 Å². The molecule has 0 aromatic carbocycles. The van der Waals surface area contributed by atoms with Gasteiger partial charge in [0, 0.05) is 13.5 Å². The SMILES string of the molecule is COCC(C)(C)Cc1noc(-c2ncn(C(C)(C)C)n2)n1. The molecule has 0 saturated heterocycles. The van der Waals surface area contributed by atoms with Gasteiger partial charge < -0.3 is 9.26 Å². The number of aromatic nitrogens is 5. The lowest BCUT2D eigenvalue weighted by Gasteiger charge is -2.20. The second kappa shape index (κ2) is 5.55. The molecule has 21 heavy (non-hydrogen) atoms. The second-order valence-electron chi connectivity index (χ2n) is 6.97. The number of hydrogen-bond donors (Lipinski definition) is 0. The van der Waals surface area contributed by atoms with E-state index in [9.17, 15) is 0 Å². The number of ether oxygens (including phenoxy) is 1. The molecule has 2 aromatic heterocycles. The van der Waals surface area contributed by atoms with Gasteiger partial charge in [-0.2, -0.15) is 4.98 Å². The fraction of sp³-hybridized carbons (Fsp3) is 0.714. The summed E-state index contributed by atoms with van der Waals surface area (Å²) in [5.74, 6) is 1.44. The smallest absolute Gasteiger partial charge is 0.297 e. The van der Waals surface area contributed by atoms with Crippen LogP contribution in [0.2, 0.25) is 0 Å². The monoisotopic (exact) mass is 293 g/mol. The fourth-order valence-electron chi connectivity index (χ4n) is 1.97. The lowest BCUT2D eigenvalue weighted by atomic mass is 9.90. The molecule has 2 heterocycles. The van der Waals surface area contributed by atoms with E-state index in [1.54, 1.807) is 18.1 Å². The van der Waals surface area contributed by atoms with Crippen LogP contribution >= 0.6 is 0 Å². The Labute approximate surface area is 124 Å². The molecule has 7 nitrogen and oxygen atoms in total. The minimum absolute atomic E-state index is 0.0475. The van der Waals surface area contributed by atoms with Gasteiger partial charge in [0.1, 0.15) is 6.33 Å². The molecule has 0 aliphatic rings. The van der Waals surface area contributed by atoms with E-state index in [-0.39, 0.29) is 11.0 Å². The predicted octanol–water partition coefficient (Wildman–Crippen LogP) is 2.30. The van der Waals surface area contributed by atoms with Crippen LogP contribution in [-0.2, 0) is 16.7 Å². The zero-order valence-electron chi connectivity index (χ0n) is 13.5. The number of nitrogens with zero attached hydrogens (tertiary/aromatic N) is 5.